The van der Waals surface area contributed by atoms with Crippen LogP contribution in [0, 0.1) is 11.8 Å². The second-order valence-electron chi connectivity index (χ2n) is 2.92. The van der Waals surface area contributed by atoms with E-state index in [-0.39, 0.29) is 12.5 Å². The number of rotatable bonds is 5. The van der Waals surface area contributed by atoms with E-state index in [2.05, 4.69) is 0 Å². The van der Waals surface area contributed by atoms with Crippen LogP contribution in [0.3, 0.4) is 0 Å². The molecular formula is C9H15ClO3. The minimum Gasteiger partial charge on any atom is -0.465 e. The maximum Gasteiger partial charge on any atom is 0.318 e. The minimum absolute atomic E-state index is 0.0657. The van der Waals surface area contributed by atoms with Gasteiger partial charge < -0.3 is 4.74 Å². The Morgan fingerprint density at radius 2 is 1.92 bits per heavy atom. The maximum atomic E-state index is 11.3. The van der Waals surface area contributed by atoms with Gasteiger partial charge in [-0.3, -0.25) is 9.59 Å². The number of carbonyl (C=O) groups excluding carboxylic acids is 2. The Balaban J connectivity index is 4.41. The van der Waals surface area contributed by atoms with E-state index < -0.39 is 17.1 Å². The van der Waals surface area contributed by atoms with Crippen LogP contribution in [0.2, 0.25) is 0 Å². The van der Waals surface area contributed by atoms with Crippen molar-refractivity contribution in [1.82, 2.24) is 0 Å². The van der Waals surface area contributed by atoms with Crippen molar-refractivity contribution in [3.05, 3.63) is 0 Å². The summed E-state index contributed by atoms with van der Waals surface area (Å²) in [5.41, 5.74) is 0. The number of carbonyl (C=O) groups is 2. The Labute approximate surface area is 83.4 Å². The molecule has 2 atom stereocenters. The lowest BCUT2D eigenvalue weighted by atomic mass is 9.93. The van der Waals surface area contributed by atoms with Gasteiger partial charge in [0.15, 0.2) is 0 Å². The smallest absolute Gasteiger partial charge is 0.318 e. The highest BCUT2D eigenvalue weighted by Gasteiger charge is 2.31. The Morgan fingerprint density at radius 1 is 1.38 bits per heavy atom. The SMILES string of the molecule is CCOC(=O)C(C(=O)Cl)C(C)CC. The molecule has 0 aliphatic carbocycles. The Hall–Kier alpha value is -0.570. The molecule has 0 amide bonds. The molecule has 0 saturated heterocycles. The third-order valence-electron chi connectivity index (χ3n) is 2.00. The molecule has 0 heterocycles. The Kier molecular flexibility index (Phi) is 5.71. The van der Waals surface area contributed by atoms with Crippen molar-refractivity contribution >= 4 is 22.8 Å². The van der Waals surface area contributed by atoms with Gasteiger partial charge >= 0.3 is 5.97 Å². The van der Waals surface area contributed by atoms with Crippen molar-refractivity contribution in [2.75, 3.05) is 6.61 Å². The lowest BCUT2D eigenvalue weighted by Gasteiger charge is -2.16. The van der Waals surface area contributed by atoms with Crippen molar-refractivity contribution in [2.24, 2.45) is 11.8 Å². The summed E-state index contributed by atoms with van der Waals surface area (Å²) >= 11 is 5.31. The van der Waals surface area contributed by atoms with Crippen LogP contribution in [0.15, 0.2) is 0 Å². The molecule has 0 fully saturated rings. The third kappa shape index (κ3) is 3.77. The topological polar surface area (TPSA) is 43.4 Å². The zero-order valence-corrected chi connectivity index (χ0v) is 8.93. The van der Waals surface area contributed by atoms with Crippen molar-refractivity contribution in [1.29, 1.82) is 0 Å². The van der Waals surface area contributed by atoms with Gasteiger partial charge in [0, 0.05) is 0 Å². The van der Waals surface area contributed by atoms with Crippen LogP contribution >= 0.6 is 11.6 Å². The van der Waals surface area contributed by atoms with Gasteiger partial charge in [-0.15, -0.1) is 0 Å². The largest absolute Gasteiger partial charge is 0.465 e. The van der Waals surface area contributed by atoms with Gasteiger partial charge in [0.05, 0.1) is 6.61 Å². The average molecular weight is 207 g/mol. The van der Waals surface area contributed by atoms with Crippen LogP contribution in [-0.2, 0) is 14.3 Å². The number of ether oxygens (including phenoxy) is 1. The van der Waals surface area contributed by atoms with Crippen LogP contribution in [0.1, 0.15) is 27.2 Å². The molecule has 0 aromatic rings. The van der Waals surface area contributed by atoms with Crippen molar-refractivity contribution < 1.29 is 14.3 Å². The number of hydrogen-bond donors (Lipinski definition) is 0. The molecule has 0 aromatic heterocycles. The minimum atomic E-state index is -0.813. The first kappa shape index (κ1) is 12.4. The highest BCUT2D eigenvalue weighted by Crippen LogP contribution is 2.19. The molecule has 0 aromatic carbocycles. The van der Waals surface area contributed by atoms with Gasteiger partial charge in [-0.05, 0) is 24.4 Å². The van der Waals surface area contributed by atoms with Crippen LogP contribution in [0.4, 0.5) is 0 Å². The summed E-state index contributed by atoms with van der Waals surface area (Å²) in [6.45, 7) is 5.68. The molecule has 0 saturated carbocycles. The highest BCUT2D eigenvalue weighted by molar-refractivity contribution is 6.65. The van der Waals surface area contributed by atoms with Crippen LogP contribution < -0.4 is 0 Å². The third-order valence-corrected chi connectivity index (χ3v) is 2.23. The van der Waals surface area contributed by atoms with E-state index in [4.69, 9.17) is 16.3 Å². The van der Waals surface area contributed by atoms with Crippen LogP contribution in [0.5, 0.6) is 0 Å². The summed E-state index contributed by atoms with van der Waals surface area (Å²) in [5, 5.41) is -0.632. The predicted molar refractivity (Wildman–Crippen MR) is 50.4 cm³/mol. The Bertz CT molecular complexity index is 191. The van der Waals surface area contributed by atoms with Crippen molar-refractivity contribution in [3.63, 3.8) is 0 Å². The quantitative estimate of drug-likeness (QED) is 0.393. The highest BCUT2D eigenvalue weighted by atomic mass is 35.5. The fraction of sp³-hybridized carbons (Fsp3) is 0.778. The van der Waals surface area contributed by atoms with E-state index in [0.717, 1.165) is 6.42 Å². The van der Waals surface area contributed by atoms with E-state index in [9.17, 15) is 9.59 Å². The first-order valence-corrected chi connectivity index (χ1v) is 4.78. The summed E-state index contributed by atoms with van der Waals surface area (Å²) < 4.78 is 4.74. The van der Waals surface area contributed by atoms with Crippen LogP contribution in [0.25, 0.3) is 0 Å². The molecule has 0 rings (SSSR count). The standard InChI is InChI=1S/C9H15ClO3/c1-4-6(3)7(8(10)11)9(12)13-5-2/h6-7H,4-5H2,1-3H3. The average Bonchev–Trinajstić information content (AvgIpc) is 2.04. The molecule has 2 unspecified atom stereocenters. The van der Waals surface area contributed by atoms with Crippen molar-refractivity contribution in [2.45, 2.75) is 27.2 Å². The summed E-state index contributed by atoms with van der Waals surface area (Å²) in [7, 11) is 0. The van der Waals surface area contributed by atoms with Gasteiger partial charge in [-0.2, -0.15) is 0 Å². The maximum absolute atomic E-state index is 11.3. The molecule has 3 nitrogen and oxygen atoms in total. The molecule has 4 heteroatoms. The zero-order chi connectivity index (χ0) is 10.4. The first-order chi connectivity index (χ1) is 6.04. The van der Waals surface area contributed by atoms with E-state index in [0.29, 0.717) is 0 Å². The molecule has 13 heavy (non-hydrogen) atoms. The number of esters is 1. The van der Waals surface area contributed by atoms with Gasteiger partial charge in [-0.25, -0.2) is 0 Å². The molecule has 0 aliphatic heterocycles. The summed E-state index contributed by atoms with van der Waals surface area (Å²) in [4.78, 5) is 22.2. The predicted octanol–water partition coefficient (Wildman–Crippen LogP) is 1.98. The van der Waals surface area contributed by atoms with E-state index in [1.165, 1.54) is 0 Å². The molecule has 0 aliphatic rings. The normalized spacial score (nSPS) is 14.8. The van der Waals surface area contributed by atoms with Gasteiger partial charge in [0.2, 0.25) is 5.24 Å². The fourth-order valence-corrected chi connectivity index (χ4v) is 1.32. The monoisotopic (exact) mass is 206 g/mol. The number of halogens is 1. The van der Waals surface area contributed by atoms with E-state index >= 15 is 0 Å². The molecule has 0 spiro atoms. The second kappa shape index (κ2) is 5.97. The van der Waals surface area contributed by atoms with Gasteiger partial charge in [0.1, 0.15) is 5.92 Å². The van der Waals surface area contributed by atoms with Gasteiger partial charge in [0.25, 0.3) is 0 Å². The summed E-state index contributed by atoms with van der Waals surface area (Å²) in [5.74, 6) is -1.40. The summed E-state index contributed by atoms with van der Waals surface area (Å²) in [6, 6.07) is 0. The van der Waals surface area contributed by atoms with Crippen LogP contribution in [-0.4, -0.2) is 17.8 Å². The second-order valence-corrected chi connectivity index (χ2v) is 3.29. The fourth-order valence-electron chi connectivity index (χ4n) is 1.02. The lowest BCUT2D eigenvalue weighted by molar-refractivity contribution is -0.151. The zero-order valence-electron chi connectivity index (χ0n) is 8.17. The van der Waals surface area contributed by atoms with E-state index in [1.54, 1.807) is 6.92 Å². The first-order valence-electron chi connectivity index (χ1n) is 4.40. The Morgan fingerprint density at radius 3 is 2.23 bits per heavy atom. The molecule has 0 radical (unpaired) electrons. The number of hydrogen-bond acceptors (Lipinski definition) is 3. The molecule has 76 valence electrons. The molecule has 0 bridgehead atoms. The van der Waals surface area contributed by atoms with E-state index in [1.807, 2.05) is 13.8 Å². The molecule has 0 N–H and O–H groups in total. The molecular weight excluding hydrogens is 192 g/mol. The van der Waals surface area contributed by atoms with Gasteiger partial charge in [-0.1, -0.05) is 20.3 Å². The summed E-state index contributed by atoms with van der Waals surface area (Å²) in [6.07, 6.45) is 0.724. The lowest BCUT2D eigenvalue weighted by Crippen LogP contribution is -2.28. The van der Waals surface area contributed by atoms with Crippen molar-refractivity contribution in [3.8, 4) is 0 Å².